The molecule has 3 heteroatoms. The zero-order valence-electron chi connectivity index (χ0n) is 13.5. The van der Waals surface area contributed by atoms with Gasteiger partial charge in [-0.3, -0.25) is 4.90 Å². The van der Waals surface area contributed by atoms with Crippen molar-refractivity contribution in [3.63, 3.8) is 0 Å². The molecule has 0 heterocycles. The molecule has 0 aliphatic heterocycles. The van der Waals surface area contributed by atoms with E-state index in [2.05, 4.69) is 49.2 Å². The topological polar surface area (TPSA) is 24.5 Å². The van der Waals surface area contributed by atoms with Gasteiger partial charge < -0.3 is 10.1 Å². The van der Waals surface area contributed by atoms with Crippen molar-refractivity contribution in [2.75, 3.05) is 26.7 Å². The first-order chi connectivity index (χ1) is 9.74. The van der Waals surface area contributed by atoms with E-state index in [1.54, 1.807) is 7.11 Å². The number of nitrogens with one attached hydrogen (secondary N) is 1. The van der Waals surface area contributed by atoms with Crippen molar-refractivity contribution in [1.29, 1.82) is 0 Å². The molecule has 0 fully saturated rings. The molecular formula is C17H30N2O. The van der Waals surface area contributed by atoms with E-state index in [4.69, 9.17) is 4.74 Å². The number of ether oxygens (including phenoxy) is 1. The molecule has 0 unspecified atom stereocenters. The standard InChI is InChI=1S/C17H30N2O/c1-5-10-18-13-15-8-9-17(20-4)16(12-15)14-19(7-3)11-6-2/h8-9,12,18H,5-7,10-11,13-14H2,1-4H3. The molecule has 3 nitrogen and oxygen atoms in total. The van der Waals surface area contributed by atoms with Crippen LogP contribution in [0.15, 0.2) is 18.2 Å². The summed E-state index contributed by atoms with van der Waals surface area (Å²) in [4.78, 5) is 2.46. The van der Waals surface area contributed by atoms with Gasteiger partial charge in [0.15, 0.2) is 0 Å². The monoisotopic (exact) mass is 278 g/mol. The van der Waals surface area contributed by atoms with Crippen LogP contribution in [0, 0.1) is 0 Å². The van der Waals surface area contributed by atoms with E-state index in [1.807, 2.05) is 0 Å². The lowest BCUT2D eigenvalue weighted by Gasteiger charge is -2.21. The second-order valence-electron chi connectivity index (χ2n) is 5.19. The summed E-state index contributed by atoms with van der Waals surface area (Å²) >= 11 is 0. The second kappa shape index (κ2) is 9.78. The number of hydrogen-bond acceptors (Lipinski definition) is 3. The number of nitrogens with zero attached hydrogens (tertiary/aromatic N) is 1. The summed E-state index contributed by atoms with van der Waals surface area (Å²) in [7, 11) is 1.75. The Balaban J connectivity index is 2.76. The van der Waals surface area contributed by atoms with Gasteiger partial charge in [-0.1, -0.05) is 26.8 Å². The number of rotatable bonds is 10. The molecule has 20 heavy (non-hydrogen) atoms. The number of benzene rings is 1. The first-order valence-corrected chi connectivity index (χ1v) is 7.83. The normalized spacial score (nSPS) is 11.1. The van der Waals surface area contributed by atoms with Gasteiger partial charge >= 0.3 is 0 Å². The van der Waals surface area contributed by atoms with Crippen molar-refractivity contribution < 1.29 is 4.74 Å². The molecule has 1 aromatic rings. The molecule has 1 N–H and O–H groups in total. The zero-order valence-corrected chi connectivity index (χ0v) is 13.5. The molecule has 0 atom stereocenters. The highest BCUT2D eigenvalue weighted by Gasteiger charge is 2.09. The van der Waals surface area contributed by atoms with Crippen LogP contribution in [0.4, 0.5) is 0 Å². The summed E-state index contributed by atoms with van der Waals surface area (Å²) in [6.45, 7) is 11.8. The Morgan fingerprint density at radius 3 is 2.55 bits per heavy atom. The zero-order chi connectivity index (χ0) is 14.8. The Bertz CT molecular complexity index is 379. The van der Waals surface area contributed by atoms with Gasteiger partial charge in [0.2, 0.25) is 0 Å². The molecule has 114 valence electrons. The van der Waals surface area contributed by atoms with Crippen LogP contribution in [0.3, 0.4) is 0 Å². The average molecular weight is 278 g/mol. The van der Waals surface area contributed by atoms with E-state index >= 15 is 0 Å². The molecule has 0 aromatic heterocycles. The fraction of sp³-hybridized carbons (Fsp3) is 0.647. The molecule has 0 amide bonds. The maximum absolute atomic E-state index is 5.50. The summed E-state index contributed by atoms with van der Waals surface area (Å²) in [5.41, 5.74) is 2.63. The van der Waals surface area contributed by atoms with Crippen LogP contribution in [0.25, 0.3) is 0 Å². The Hall–Kier alpha value is -1.06. The lowest BCUT2D eigenvalue weighted by molar-refractivity contribution is 0.275. The number of hydrogen-bond donors (Lipinski definition) is 1. The fourth-order valence-electron chi connectivity index (χ4n) is 2.38. The van der Waals surface area contributed by atoms with Gasteiger partial charge in [0, 0.05) is 18.7 Å². The molecule has 0 aliphatic carbocycles. The highest BCUT2D eigenvalue weighted by molar-refractivity contribution is 5.37. The molecule has 0 saturated heterocycles. The first-order valence-electron chi connectivity index (χ1n) is 7.83. The summed E-state index contributed by atoms with van der Waals surface area (Å²) in [6, 6.07) is 6.53. The Morgan fingerprint density at radius 1 is 1.15 bits per heavy atom. The first kappa shape index (κ1) is 17.0. The minimum atomic E-state index is 0.935. The lowest BCUT2D eigenvalue weighted by atomic mass is 10.1. The SMILES string of the molecule is CCCNCc1ccc(OC)c(CN(CC)CCC)c1. The summed E-state index contributed by atoms with van der Waals surface area (Å²) in [5, 5.41) is 3.45. The fourth-order valence-corrected chi connectivity index (χ4v) is 2.38. The van der Waals surface area contributed by atoms with Crippen molar-refractivity contribution in [3.05, 3.63) is 29.3 Å². The number of methoxy groups -OCH3 is 1. The molecular weight excluding hydrogens is 248 g/mol. The molecule has 0 saturated carbocycles. The summed E-state index contributed by atoms with van der Waals surface area (Å²) in [5.74, 6) is 0.999. The van der Waals surface area contributed by atoms with Gasteiger partial charge in [0.05, 0.1) is 7.11 Å². The third-order valence-electron chi connectivity index (χ3n) is 3.48. The van der Waals surface area contributed by atoms with Gasteiger partial charge in [-0.2, -0.15) is 0 Å². The maximum atomic E-state index is 5.50. The van der Waals surface area contributed by atoms with Crippen molar-refractivity contribution in [3.8, 4) is 5.75 Å². The highest BCUT2D eigenvalue weighted by atomic mass is 16.5. The van der Waals surface area contributed by atoms with Crippen LogP contribution < -0.4 is 10.1 Å². The average Bonchev–Trinajstić information content (AvgIpc) is 2.47. The van der Waals surface area contributed by atoms with Gasteiger partial charge in [-0.25, -0.2) is 0 Å². The van der Waals surface area contributed by atoms with Crippen molar-refractivity contribution in [2.24, 2.45) is 0 Å². The van der Waals surface area contributed by atoms with Gasteiger partial charge in [0.1, 0.15) is 5.75 Å². The third kappa shape index (κ3) is 5.51. The Kier molecular flexibility index (Phi) is 8.31. The molecule has 1 rings (SSSR count). The van der Waals surface area contributed by atoms with Gasteiger partial charge in [0.25, 0.3) is 0 Å². The van der Waals surface area contributed by atoms with E-state index in [1.165, 1.54) is 24.0 Å². The molecule has 0 aliphatic rings. The van der Waals surface area contributed by atoms with Crippen LogP contribution in [0.5, 0.6) is 5.75 Å². The van der Waals surface area contributed by atoms with Crippen molar-refractivity contribution in [1.82, 2.24) is 10.2 Å². The van der Waals surface area contributed by atoms with E-state index < -0.39 is 0 Å². The predicted molar refractivity (Wildman–Crippen MR) is 86.2 cm³/mol. The van der Waals surface area contributed by atoms with E-state index in [9.17, 15) is 0 Å². The largest absolute Gasteiger partial charge is 0.496 e. The van der Waals surface area contributed by atoms with Gasteiger partial charge in [-0.05, 0) is 50.2 Å². The van der Waals surface area contributed by atoms with Crippen LogP contribution >= 0.6 is 0 Å². The predicted octanol–water partition coefficient (Wildman–Crippen LogP) is 3.43. The third-order valence-corrected chi connectivity index (χ3v) is 3.48. The van der Waals surface area contributed by atoms with Crippen molar-refractivity contribution >= 4 is 0 Å². The molecule has 1 aromatic carbocycles. The second-order valence-corrected chi connectivity index (χ2v) is 5.19. The Morgan fingerprint density at radius 2 is 1.95 bits per heavy atom. The smallest absolute Gasteiger partial charge is 0.123 e. The van der Waals surface area contributed by atoms with Crippen LogP contribution in [0.2, 0.25) is 0 Å². The van der Waals surface area contributed by atoms with Crippen LogP contribution in [0.1, 0.15) is 44.7 Å². The van der Waals surface area contributed by atoms with Crippen LogP contribution in [-0.2, 0) is 13.1 Å². The Labute approximate surface area is 124 Å². The van der Waals surface area contributed by atoms with Crippen molar-refractivity contribution in [2.45, 2.75) is 46.7 Å². The summed E-state index contributed by atoms with van der Waals surface area (Å²) in [6.07, 6.45) is 2.36. The van der Waals surface area contributed by atoms with Crippen LogP contribution in [-0.4, -0.2) is 31.6 Å². The molecule has 0 bridgehead atoms. The molecule has 0 radical (unpaired) electrons. The van der Waals surface area contributed by atoms with E-state index in [-0.39, 0.29) is 0 Å². The maximum Gasteiger partial charge on any atom is 0.123 e. The van der Waals surface area contributed by atoms with Gasteiger partial charge in [-0.15, -0.1) is 0 Å². The lowest BCUT2D eigenvalue weighted by Crippen LogP contribution is -2.24. The quantitative estimate of drug-likeness (QED) is 0.664. The summed E-state index contributed by atoms with van der Waals surface area (Å²) < 4.78 is 5.50. The minimum Gasteiger partial charge on any atom is -0.496 e. The van der Waals surface area contributed by atoms with E-state index in [0.29, 0.717) is 0 Å². The van der Waals surface area contributed by atoms with E-state index in [0.717, 1.165) is 38.5 Å². The molecule has 0 spiro atoms. The minimum absolute atomic E-state index is 0.935. The highest BCUT2D eigenvalue weighted by Crippen LogP contribution is 2.21.